The van der Waals surface area contributed by atoms with Crippen LogP contribution in [0.5, 0.6) is 5.75 Å². The van der Waals surface area contributed by atoms with Gasteiger partial charge < -0.3 is 10.1 Å². The molecule has 0 saturated heterocycles. The van der Waals surface area contributed by atoms with E-state index >= 15 is 0 Å². The zero-order valence-electron chi connectivity index (χ0n) is 14.7. The summed E-state index contributed by atoms with van der Waals surface area (Å²) in [4.78, 5) is 11.7. The van der Waals surface area contributed by atoms with Crippen molar-refractivity contribution in [3.05, 3.63) is 65.7 Å². The zero-order valence-corrected chi connectivity index (χ0v) is 15.5. The van der Waals surface area contributed by atoms with Crippen LogP contribution in [0.15, 0.2) is 54.6 Å². The highest BCUT2D eigenvalue weighted by Gasteiger charge is 2.31. The topological polar surface area (TPSA) is 84.5 Å². The van der Waals surface area contributed by atoms with E-state index in [4.69, 9.17) is 0 Å². The first kappa shape index (κ1) is 21.7. The number of sulfonamides is 1. The lowest BCUT2D eigenvalue weighted by Gasteiger charge is -2.10. The van der Waals surface area contributed by atoms with Gasteiger partial charge in [0.05, 0.1) is 12.3 Å². The minimum Gasteiger partial charge on any atom is -0.406 e. The van der Waals surface area contributed by atoms with Crippen molar-refractivity contribution in [3.63, 3.8) is 0 Å². The number of hydrogen-bond donors (Lipinski definition) is 2. The molecule has 2 aromatic carbocycles. The highest BCUT2D eigenvalue weighted by atomic mass is 32.2. The highest BCUT2D eigenvalue weighted by Crippen LogP contribution is 2.23. The zero-order chi connectivity index (χ0) is 20.6. The molecule has 0 fully saturated rings. The normalized spacial score (nSPS) is 11.8. The van der Waals surface area contributed by atoms with Gasteiger partial charge in [-0.15, -0.1) is 13.2 Å². The summed E-state index contributed by atoms with van der Waals surface area (Å²) in [5.41, 5.74) is 1.30. The molecule has 0 aliphatic carbocycles. The Balaban J connectivity index is 1.76. The van der Waals surface area contributed by atoms with Crippen molar-refractivity contribution in [3.8, 4) is 5.75 Å². The molecule has 0 spiro atoms. The molecule has 0 aliphatic rings. The van der Waals surface area contributed by atoms with Gasteiger partial charge in [-0.3, -0.25) is 4.79 Å². The van der Waals surface area contributed by atoms with E-state index in [1.807, 2.05) is 30.3 Å². The molecule has 0 atom stereocenters. The molecule has 152 valence electrons. The number of amides is 1. The second kappa shape index (κ2) is 9.56. The van der Waals surface area contributed by atoms with Gasteiger partial charge in [0.25, 0.3) is 0 Å². The number of alkyl halides is 3. The minimum atomic E-state index is -4.82. The Labute approximate surface area is 160 Å². The van der Waals surface area contributed by atoms with Crippen molar-refractivity contribution in [2.24, 2.45) is 0 Å². The molecule has 2 N–H and O–H groups in total. The predicted octanol–water partition coefficient (Wildman–Crippen LogP) is 2.36. The lowest BCUT2D eigenvalue weighted by molar-refractivity contribution is -0.274. The van der Waals surface area contributed by atoms with Crippen LogP contribution in [0.1, 0.15) is 11.1 Å². The van der Waals surface area contributed by atoms with E-state index in [1.165, 1.54) is 12.1 Å². The average molecular weight is 416 g/mol. The fourth-order valence-corrected chi connectivity index (χ4v) is 3.37. The Morgan fingerprint density at radius 1 is 0.964 bits per heavy atom. The summed E-state index contributed by atoms with van der Waals surface area (Å²) in [5, 5.41) is 2.61. The third-order valence-corrected chi connectivity index (χ3v) is 4.84. The Bertz CT molecular complexity index is 870. The highest BCUT2D eigenvalue weighted by molar-refractivity contribution is 7.88. The molecule has 0 bridgehead atoms. The van der Waals surface area contributed by atoms with E-state index < -0.39 is 40.3 Å². The largest absolute Gasteiger partial charge is 0.573 e. The van der Waals surface area contributed by atoms with Crippen LogP contribution < -0.4 is 14.8 Å². The third kappa shape index (κ3) is 8.40. The minimum absolute atomic E-state index is 0.256. The van der Waals surface area contributed by atoms with Crippen LogP contribution >= 0.6 is 0 Å². The fourth-order valence-electron chi connectivity index (χ4n) is 2.29. The number of hydrogen-bond acceptors (Lipinski definition) is 4. The summed E-state index contributed by atoms with van der Waals surface area (Å²) in [5.74, 6) is -1.40. The maximum Gasteiger partial charge on any atom is 0.573 e. The number of ether oxygens (including phenoxy) is 1. The van der Waals surface area contributed by atoms with Crippen LogP contribution in [0.3, 0.4) is 0 Å². The van der Waals surface area contributed by atoms with E-state index in [0.29, 0.717) is 13.0 Å². The van der Waals surface area contributed by atoms with Crippen LogP contribution in [0, 0.1) is 0 Å². The van der Waals surface area contributed by atoms with E-state index in [1.54, 1.807) is 0 Å². The van der Waals surface area contributed by atoms with Crippen molar-refractivity contribution in [2.75, 3.05) is 13.1 Å². The molecule has 2 aromatic rings. The number of halogens is 3. The first-order chi connectivity index (χ1) is 13.1. The standard InChI is InChI=1S/C18H19F3N2O4S/c19-18(20,21)27-16-8-6-15(7-9-16)13-28(25,26)23-12-17(24)22-11-10-14-4-2-1-3-5-14/h1-9,23H,10-13H2,(H,22,24). The van der Waals surface area contributed by atoms with Crippen LogP contribution in [-0.2, 0) is 27.0 Å². The maximum atomic E-state index is 12.1. The summed E-state index contributed by atoms with van der Waals surface area (Å²) >= 11 is 0. The van der Waals surface area contributed by atoms with Crippen molar-refractivity contribution in [1.29, 1.82) is 0 Å². The van der Waals surface area contributed by atoms with E-state index in [0.717, 1.165) is 17.7 Å². The summed E-state index contributed by atoms with van der Waals surface area (Å²) in [7, 11) is -3.83. The SMILES string of the molecule is O=C(CNS(=O)(=O)Cc1ccc(OC(F)(F)F)cc1)NCCc1ccccc1. The number of benzene rings is 2. The first-order valence-corrected chi connectivity index (χ1v) is 9.91. The predicted molar refractivity (Wildman–Crippen MR) is 96.9 cm³/mol. The van der Waals surface area contributed by atoms with Gasteiger partial charge in [-0.1, -0.05) is 42.5 Å². The van der Waals surface area contributed by atoms with Crippen LogP contribution in [-0.4, -0.2) is 33.8 Å². The molecule has 0 saturated carbocycles. The molecule has 0 aromatic heterocycles. The molecule has 10 heteroatoms. The number of nitrogens with one attached hydrogen (secondary N) is 2. The van der Waals surface area contributed by atoms with Crippen LogP contribution in [0.4, 0.5) is 13.2 Å². The molecule has 28 heavy (non-hydrogen) atoms. The molecule has 0 heterocycles. The lowest BCUT2D eigenvalue weighted by atomic mass is 10.1. The summed E-state index contributed by atoms with van der Waals surface area (Å²) in [6.07, 6.45) is -4.20. The summed E-state index contributed by atoms with van der Waals surface area (Å²) in [6.45, 7) is -0.0579. The van der Waals surface area contributed by atoms with E-state index in [9.17, 15) is 26.4 Å². The molecule has 0 unspecified atom stereocenters. The van der Waals surface area contributed by atoms with Gasteiger partial charge in [-0.05, 0) is 29.7 Å². The van der Waals surface area contributed by atoms with Gasteiger partial charge in [0.1, 0.15) is 5.75 Å². The Morgan fingerprint density at radius 3 is 2.21 bits per heavy atom. The number of carbonyl (C=O) groups excluding carboxylic acids is 1. The van der Waals surface area contributed by atoms with Crippen molar-refractivity contribution < 1.29 is 31.1 Å². The van der Waals surface area contributed by atoms with Gasteiger partial charge in [-0.2, -0.15) is 0 Å². The number of rotatable bonds is 9. The molecule has 2 rings (SSSR count). The maximum absolute atomic E-state index is 12.1. The van der Waals surface area contributed by atoms with Crippen molar-refractivity contribution in [2.45, 2.75) is 18.5 Å². The molecule has 1 amide bonds. The Morgan fingerprint density at radius 2 is 1.61 bits per heavy atom. The summed E-state index contributed by atoms with van der Waals surface area (Å²) in [6, 6.07) is 13.9. The molecular weight excluding hydrogens is 397 g/mol. The molecule has 0 aliphatic heterocycles. The quantitative estimate of drug-likeness (QED) is 0.657. The van der Waals surface area contributed by atoms with E-state index in [2.05, 4.69) is 14.8 Å². The second-order valence-electron chi connectivity index (χ2n) is 5.86. The Kier molecular flexibility index (Phi) is 7.41. The van der Waals surface area contributed by atoms with Crippen LogP contribution in [0.2, 0.25) is 0 Å². The molecule has 0 radical (unpaired) electrons. The van der Waals surface area contributed by atoms with Crippen molar-refractivity contribution in [1.82, 2.24) is 10.0 Å². The third-order valence-electron chi connectivity index (χ3n) is 3.54. The van der Waals surface area contributed by atoms with E-state index in [-0.39, 0.29) is 5.56 Å². The van der Waals surface area contributed by atoms with Gasteiger partial charge in [0, 0.05) is 6.54 Å². The van der Waals surface area contributed by atoms with Gasteiger partial charge >= 0.3 is 6.36 Å². The van der Waals surface area contributed by atoms with Crippen LogP contribution in [0.25, 0.3) is 0 Å². The van der Waals surface area contributed by atoms with Gasteiger partial charge in [-0.25, -0.2) is 13.1 Å². The summed E-state index contributed by atoms with van der Waals surface area (Å²) < 4.78 is 66.2. The Hall–Kier alpha value is -2.59. The first-order valence-electron chi connectivity index (χ1n) is 8.26. The van der Waals surface area contributed by atoms with Crippen molar-refractivity contribution >= 4 is 15.9 Å². The van der Waals surface area contributed by atoms with Gasteiger partial charge in [0.15, 0.2) is 0 Å². The number of carbonyl (C=O) groups is 1. The lowest BCUT2D eigenvalue weighted by Crippen LogP contribution is -2.38. The molecule has 6 nitrogen and oxygen atoms in total. The second-order valence-corrected chi connectivity index (χ2v) is 7.66. The van der Waals surface area contributed by atoms with Gasteiger partial charge in [0.2, 0.25) is 15.9 Å². The smallest absolute Gasteiger partial charge is 0.406 e. The fraction of sp³-hybridized carbons (Fsp3) is 0.278. The average Bonchev–Trinajstić information content (AvgIpc) is 2.61. The monoisotopic (exact) mass is 416 g/mol. The molecular formula is C18H19F3N2O4S.